The number of rotatable bonds is 5. The first-order valence-corrected chi connectivity index (χ1v) is 9.23. The van der Waals surface area contributed by atoms with E-state index >= 15 is 0 Å². The molecule has 0 fully saturated rings. The van der Waals surface area contributed by atoms with Crippen molar-refractivity contribution in [2.45, 2.75) is 10.9 Å². The topological polar surface area (TPSA) is 117 Å². The minimum atomic E-state index is -3.89. The average Bonchev–Trinajstić information content (AvgIpc) is 3.33. The molecule has 2 aromatic heterocycles. The third-order valence-corrected chi connectivity index (χ3v) is 4.97. The van der Waals surface area contributed by atoms with Crippen LogP contribution in [0.5, 0.6) is 0 Å². The molecule has 2 aromatic carbocycles. The lowest BCUT2D eigenvalue weighted by Crippen LogP contribution is -2.13. The second kappa shape index (κ2) is 6.48. The van der Waals surface area contributed by atoms with Crippen molar-refractivity contribution >= 4 is 9.84 Å². The van der Waals surface area contributed by atoms with E-state index in [0.717, 1.165) is 10.2 Å². The minimum absolute atomic E-state index is 0.0357. The lowest BCUT2D eigenvalue weighted by atomic mass is 10.2. The lowest BCUT2D eigenvalue weighted by molar-refractivity contribution is 0.389. The van der Waals surface area contributed by atoms with Gasteiger partial charge in [0.15, 0.2) is 0 Å². The zero-order chi connectivity index (χ0) is 18.0. The molecule has 0 bridgehead atoms. The number of hydrogen-bond donors (Lipinski definition) is 0. The van der Waals surface area contributed by atoms with Gasteiger partial charge in [0.1, 0.15) is 5.75 Å². The highest BCUT2D eigenvalue weighted by molar-refractivity contribution is 7.90. The van der Waals surface area contributed by atoms with Gasteiger partial charge in [-0.25, -0.2) is 8.42 Å². The molecule has 0 aliphatic rings. The summed E-state index contributed by atoms with van der Waals surface area (Å²) in [6, 6.07) is 17.9. The Kier molecular flexibility index (Phi) is 4.01. The van der Waals surface area contributed by atoms with E-state index in [1.165, 1.54) is 0 Å². The van der Waals surface area contributed by atoms with E-state index in [1.54, 1.807) is 36.4 Å². The molecule has 0 amide bonds. The predicted molar refractivity (Wildman–Crippen MR) is 89.8 cm³/mol. The maximum Gasteiger partial charge on any atom is 0.272 e. The molecule has 0 radical (unpaired) electrons. The number of aromatic nitrogens is 6. The molecule has 0 saturated carbocycles. The third kappa shape index (κ3) is 3.09. The van der Waals surface area contributed by atoms with Crippen LogP contribution in [0.25, 0.3) is 17.1 Å². The van der Waals surface area contributed by atoms with Crippen LogP contribution >= 0.6 is 0 Å². The summed E-state index contributed by atoms with van der Waals surface area (Å²) in [6.07, 6.45) is 0. The lowest BCUT2D eigenvalue weighted by Gasteiger charge is -2.03. The Hall–Kier alpha value is -3.40. The normalized spacial score (nSPS) is 11.5. The van der Waals surface area contributed by atoms with Gasteiger partial charge in [0, 0.05) is 5.56 Å². The fourth-order valence-electron chi connectivity index (χ4n) is 2.35. The highest BCUT2D eigenvalue weighted by Crippen LogP contribution is 2.19. The van der Waals surface area contributed by atoms with Crippen molar-refractivity contribution in [2.75, 3.05) is 0 Å². The van der Waals surface area contributed by atoms with Crippen molar-refractivity contribution in [2.24, 2.45) is 0 Å². The summed E-state index contributed by atoms with van der Waals surface area (Å²) in [5, 5.41) is 14.4. The molecular formula is C16H12N6O3S. The molecule has 0 saturated heterocycles. The monoisotopic (exact) mass is 368 g/mol. The van der Waals surface area contributed by atoms with Crippen molar-refractivity contribution in [1.29, 1.82) is 0 Å². The Balaban J connectivity index is 1.64. The maximum absolute atomic E-state index is 12.7. The first-order valence-electron chi connectivity index (χ1n) is 7.58. The second-order valence-corrected chi connectivity index (χ2v) is 7.23. The third-order valence-electron chi connectivity index (χ3n) is 3.53. The van der Waals surface area contributed by atoms with E-state index in [1.807, 2.05) is 24.3 Å². The Morgan fingerprint density at radius 1 is 0.962 bits per heavy atom. The van der Waals surface area contributed by atoms with Gasteiger partial charge in [0.05, 0.1) is 5.69 Å². The molecule has 0 unspecified atom stereocenters. The molecule has 0 atom stereocenters. The Bertz CT molecular complexity index is 1120. The molecule has 4 rings (SSSR count). The van der Waals surface area contributed by atoms with Crippen molar-refractivity contribution in [1.82, 2.24) is 30.3 Å². The summed E-state index contributed by atoms with van der Waals surface area (Å²) in [6.45, 7) is 0. The van der Waals surface area contributed by atoms with Crippen LogP contribution in [0.1, 0.15) is 5.89 Å². The molecule has 0 spiro atoms. The van der Waals surface area contributed by atoms with Gasteiger partial charge in [-0.05, 0) is 22.6 Å². The molecule has 4 aromatic rings. The molecule has 2 heterocycles. The number of sulfone groups is 1. The van der Waals surface area contributed by atoms with Crippen LogP contribution in [0.4, 0.5) is 0 Å². The number of tetrazole rings is 1. The van der Waals surface area contributed by atoms with Crippen LogP contribution in [0.3, 0.4) is 0 Å². The number of benzene rings is 2. The van der Waals surface area contributed by atoms with Crippen molar-refractivity contribution in [3.05, 3.63) is 66.6 Å². The van der Waals surface area contributed by atoms with E-state index in [0.29, 0.717) is 11.5 Å². The highest BCUT2D eigenvalue weighted by Gasteiger charge is 2.27. The molecule has 0 aliphatic carbocycles. The summed E-state index contributed by atoms with van der Waals surface area (Å²) < 4.78 is 31.7. The van der Waals surface area contributed by atoms with Gasteiger partial charge < -0.3 is 4.52 Å². The summed E-state index contributed by atoms with van der Waals surface area (Å²) >= 11 is 0. The van der Waals surface area contributed by atoms with Gasteiger partial charge in [0.2, 0.25) is 21.6 Å². The van der Waals surface area contributed by atoms with Crippen LogP contribution in [0.2, 0.25) is 0 Å². The summed E-state index contributed by atoms with van der Waals surface area (Å²) in [4.78, 5) is 4.14. The van der Waals surface area contributed by atoms with Crippen LogP contribution in [0.15, 0.2) is 70.3 Å². The van der Waals surface area contributed by atoms with Gasteiger partial charge in [-0.1, -0.05) is 58.8 Å². The second-order valence-electron chi connectivity index (χ2n) is 5.35. The molecule has 9 nitrogen and oxygen atoms in total. The summed E-state index contributed by atoms with van der Waals surface area (Å²) in [5.74, 6) is -0.218. The summed E-state index contributed by atoms with van der Waals surface area (Å²) in [5.41, 5.74) is 1.26. The first kappa shape index (κ1) is 16.1. The smallest absolute Gasteiger partial charge is 0.272 e. The SMILES string of the molecule is O=S(=O)(Cc1nc(-c2ccccc2)no1)c1nnnn1-c1ccccc1. The van der Waals surface area contributed by atoms with Gasteiger partial charge >= 0.3 is 0 Å². The quantitative estimate of drug-likeness (QED) is 0.522. The maximum atomic E-state index is 12.7. The van der Waals surface area contributed by atoms with E-state index in [2.05, 4.69) is 25.7 Å². The van der Waals surface area contributed by atoms with Gasteiger partial charge in [-0.15, -0.1) is 0 Å². The Labute approximate surface area is 148 Å². The van der Waals surface area contributed by atoms with E-state index in [-0.39, 0.29) is 11.0 Å². The average molecular weight is 368 g/mol. The fourth-order valence-corrected chi connectivity index (χ4v) is 3.49. The van der Waals surface area contributed by atoms with E-state index < -0.39 is 15.6 Å². The standard InChI is InChI=1S/C16H12N6O3S/c23-26(24,16-18-20-21-22(16)13-9-5-2-6-10-13)11-14-17-15(19-25-14)12-7-3-1-4-8-12/h1-10H,11H2. The highest BCUT2D eigenvalue weighted by atomic mass is 32.2. The Morgan fingerprint density at radius 2 is 1.65 bits per heavy atom. The fraction of sp³-hybridized carbons (Fsp3) is 0.0625. The van der Waals surface area contributed by atoms with Crippen molar-refractivity contribution in [3.8, 4) is 17.1 Å². The van der Waals surface area contributed by atoms with Gasteiger partial charge in [-0.3, -0.25) is 0 Å². The van der Waals surface area contributed by atoms with E-state index in [4.69, 9.17) is 4.52 Å². The number of para-hydroxylation sites is 1. The van der Waals surface area contributed by atoms with Crippen molar-refractivity contribution in [3.63, 3.8) is 0 Å². The molecular weight excluding hydrogens is 356 g/mol. The zero-order valence-corrected chi connectivity index (χ0v) is 14.1. The van der Waals surface area contributed by atoms with Crippen LogP contribution in [-0.4, -0.2) is 38.8 Å². The number of hydrogen-bond acceptors (Lipinski definition) is 8. The summed E-state index contributed by atoms with van der Waals surface area (Å²) in [7, 11) is -3.89. The molecule has 0 aliphatic heterocycles. The van der Waals surface area contributed by atoms with Crippen LogP contribution in [0, 0.1) is 0 Å². The predicted octanol–water partition coefficient (Wildman–Crippen LogP) is 1.69. The molecule has 130 valence electrons. The zero-order valence-electron chi connectivity index (χ0n) is 13.3. The molecule has 26 heavy (non-hydrogen) atoms. The number of nitrogens with zero attached hydrogens (tertiary/aromatic N) is 6. The molecule has 10 heteroatoms. The van der Waals surface area contributed by atoms with E-state index in [9.17, 15) is 8.42 Å². The largest absolute Gasteiger partial charge is 0.338 e. The minimum Gasteiger partial charge on any atom is -0.338 e. The Morgan fingerprint density at radius 3 is 2.38 bits per heavy atom. The van der Waals surface area contributed by atoms with Crippen LogP contribution < -0.4 is 0 Å². The van der Waals surface area contributed by atoms with Crippen molar-refractivity contribution < 1.29 is 12.9 Å². The molecule has 0 N–H and O–H groups in total. The van der Waals surface area contributed by atoms with Gasteiger partial charge in [0.25, 0.3) is 5.16 Å². The first-order chi connectivity index (χ1) is 12.6. The van der Waals surface area contributed by atoms with Crippen LogP contribution in [-0.2, 0) is 15.6 Å². The van der Waals surface area contributed by atoms with Gasteiger partial charge in [-0.2, -0.15) is 9.67 Å².